The van der Waals surface area contributed by atoms with Crippen molar-refractivity contribution in [3.63, 3.8) is 0 Å². The SMILES string of the molecule is Cc1[nH]cnc1CN(Cc1cccc(CNC(=O)c2c(Cl)cncc2Cl)c1)C1CCCc2cccnc21. The van der Waals surface area contributed by atoms with Gasteiger partial charge in [-0.2, -0.15) is 0 Å². The van der Waals surface area contributed by atoms with Gasteiger partial charge in [0.15, 0.2) is 0 Å². The lowest BCUT2D eigenvalue weighted by Crippen LogP contribution is -2.32. The first-order chi connectivity index (χ1) is 18.0. The van der Waals surface area contributed by atoms with Gasteiger partial charge >= 0.3 is 0 Å². The number of hydrogen-bond acceptors (Lipinski definition) is 5. The molecule has 0 spiro atoms. The van der Waals surface area contributed by atoms with Gasteiger partial charge in [-0.25, -0.2) is 4.98 Å². The van der Waals surface area contributed by atoms with E-state index in [-0.39, 0.29) is 27.6 Å². The molecule has 1 atom stereocenters. The monoisotopic (exact) mass is 534 g/mol. The number of amides is 1. The molecule has 1 aromatic carbocycles. The van der Waals surface area contributed by atoms with Crippen LogP contribution in [0, 0.1) is 6.92 Å². The zero-order chi connectivity index (χ0) is 25.8. The van der Waals surface area contributed by atoms with Gasteiger partial charge < -0.3 is 10.3 Å². The van der Waals surface area contributed by atoms with Gasteiger partial charge in [0.1, 0.15) is 0 Å². The minimum atomic E-state index is -0.330. The second kappa shape index (κ2) is 11.4. The molecule has 0 fully saturated rings. The second-order valence-corrected chi connectivity index (χ2v) is 10.1. The minimum absolute atomic E-state index is 0.209. The van der Waals surface area contributed by atoms with Crippen LogP contribution in [-0.4, -0.2) is 30.7 Å². The van der Waals surface area contributed by atoms with E-state index in [2.05, 4.69) is 50.3 Å². The zero-order valence-electron chi connectivity index (χ0n) is 20.5. The number of nitrogens with one attached hydrogen (secondary N) is 2. The van der Waals surface area contributed by atoms with E-state index in [0.717, 1.165) is 60.6 Å². The largest absolute Gasteiger partial charge is 0.348 e. The molecule has 4 aromatic rings. The Bertz CT molecular complexity index is 1380. The molecule has 0 bridgehead atoms. The van der Waals surface area contributed by atoms with Crippen LogP contribution in [0.5, 0.6) is 0 Å². The summed E-state index contributed by atoms with van der Waals surface area (Å²) in [5, 5.41) is 3.38. The lowest BCUT2D eigenvalue weighted by atomic mass is 9.90. The quantitative estimate of drug-likeness (QED) is 0.297. The second-order valence-electron chi connectivity index (χ2n) is 9.32. The molecule has 1 amide bonds. The van der Waals surface area contributed by atoms with Crippen molar-refractivity contribution in [2.75, 3.05) is 0 Å². The number of aromatic amines is 1. The van der Waals surface area contributed by atoms with E-state index in [1.54, 1.807) is 6.33 Å². The maximum absolute atomic E-state index is 12.7. The molecule has 1 aliphatic carbocycles. The molecule has 3 aromatic heterocycles. The number of carbonyl (C=O) groups excluding carboxylic acids is 1. The first-order valence-electron chi connectivity index (χ1n) is 12.3. The van der Waals surface area contributed by atoms with E-state index in [0.29, 0.717) is 6.54 Å². The van der Waals surface area contributed by atoms with Crippen molar-refractivity contribution in [3.05, 3.63) is 111 Å². The number of benzene rings is 1. The number of halogens is 2. The first kappa shape index (κ1) is 25.4. The number of aromatic nitrogens is 4. The summed E-state index contributed by atoms with van der Waals surface area (Å²) >= 11 is 12.3. The van der Waals surface area contributed by atoms with Crippen LogP contribution >= 0.6 is 23.2 Å². The average Bonchev–Trinajstić information content (AvgIpc) is 3.31. The highest BCUT2D eigenvalue weighted by molar-refractivity contribution is 6.39. The van der Waals surface area contributed by atoms with E-state index in [1.807, 2.05) is 24.4 Å². The molecular formula is C28H28Cl2N6O. The van der Waals surface area contributed by atoms with Gasteiger partial charge in [-0.1, -0.05) is 53.5 Å². The lowest BCUT2D eigenvalue weighted by molar-refractivity contribution is 0.0951. The van der Waals surface area contributed by atoms with Gasteiger partial charge in [0.05, 0.1) is 39.4 Å². The Morgan fingerprint density at radius 1 is 1.11 bits per heavy atom. The number of pyridine rings is 2. The number of fused-ring (bicyclic) bond motifs is 1. The van der Waals surface area contributed by atoms with E-state index in [1.165, 1.54) is 18.0 Å². The highest BCUT2D eigenvalue weighted by Crippen LogP contribution is 2.35. The van der Waals surface area contributed by atoms with Crippen LogP contribution in [-0.2, 0) is 26.1 Å². The van der Waals surface area contributed by atoms with Crippen LogP contribution in [0.2, 0.25) is 10.0 Å². The van der Waals surface area contributed by atoms with Crippen LogP contribution in [0.4, 0.5) is 0 Å². The average molecular weight is 535 g/mol. The first-order valence-corrected chi connectivity index (χ1v) is 13.1. The van der Waals surface area contributed by atoms with Crippen LogP contribution < -0.4 is 5.32 Å². The van der Waals surface area contributed by atoms with Crippen molar-refractivity contribution in [2.24, 2.45) is 0 Å². The van der Waals surface area contributed by atoms with Gasteiger partial charge in [-0.15, -0.1) is 0 Å². The molecule has 190 valence electrons. The summed E-state index contributed by atoms with van der Waals surface area (Å²) in [5.74, 6) is -0.330. The number of imidazole rings is 1. The molecule has 5 rings (SSSR count). The Morgan fingerprint density at radius 2 is 1.92 bits per heavy atom. The fourth-order valence-corrected chi connectivity index (χ4v) is 5.46. The maximum atomic E-state index is 12.7. The van der Waals surface area contributed by atoms with Crippen molar-refractivity contribution < 1.29 is 4.79 Å². The Labute approximate surface area is 226 Å². The van der Waals surface area contributed by atoms with Crippen molar-refractivity contribution in [2.45, 2.75) is 51.9 Å². The van der Waals surface area contributed by atoms with Gasteiger partial charge in [-0.05, 0) is 48.9 Å². The highest BCUT2D eigenvalue weighted by atomic mass is 35.5. The van der Waals surface area contributed by atoms with Crippen molar-refractivity contribution >= 4 is 29.1 Å². The van der Waals surface area contributed by atoms with Crippen molar-refractivity contribution in [1.29, 1.82) is 0 Å². The van der Waals surface area contributed by atoms with Crippen molar-refractivity contribution in [3.8, 4) is 0 Å². The predicted molar refractivity (Wildman–Crippen MR) is 144 cm³/mol. The third kappa shape index (κ3) is 5.85. The topological polar surface area (TPSA) is 86.8 Å². The number of nitrogens with zero attached hydrogens (tertiary/aromatic N) is 4. The standard InChI is InChI=1S/C28H28Cl2N6O/c1-18-24(35-17-34-18)16-36(25-9-3-7-21-8-4-10-32-27(21)25)15-20-6-2-5-19(11-20)12-33-28(37)26-22(29)13-31-14-23(26)30/h2,4-6,8,10-11,13-14,17,25H,3,7,9,12,15-16H2,1H3,(H,33,37)(H,34,35). The Hall–Kier alpha value is -3.26. The van der Waals surface area contributed by atoms with E-state index < -0.39 is 0 Å². The number of hydrogen-bond donors (Lipinski definition) is 2. The summed E-state index contributed by atoms with van der Waals surface area (Å²) < 4.78 is 0. The Kier molecular flexibility index (Phi) is 7.84. The summed E-state index contributed by atoms with van der Waals surface area (Å²) in [6.45, 7) is 3.86. The molecule has 0 aliphatic heterocycles. The molecule has 9 heteroatoms. The number of rotatable bonds is 8. The van der Waals surface area contributed by atoms with Gasteiger partial charge in [-0.3, -0.25) is 19.7 Å². The zero-order valence-corrected chi connectivity index (χ0v) is 22.1. The van der Waals surface area contributed by atoms with Crippen LogP contribution in [0.15, 0.2) is 61.3 Å². The fourth-order valence-electron chi connectivity index (χ4n) is 4.93. The summed E-state index contributed by atoms with van der Waals surface area (Å²) in [6.07, 6.45) is 9.71. The minimum Gasteiger partial charge on any atom is -0.348 e. The molecule has 0 saturated carbocycles. The molecule has 1 aliphatic rings. The summed E-state index contributed by atoms with van der Waals surface area (Å²) in [4.78, 5) is 31.6. The van der Waals surface area contributed by atoms with E-state index in [9.17, 15) is 4.79 Å². The van der Waals surface area contributed by atoms with Gasteiger partial charge in [0.2, 0.25) is 0 Å². The summed E-state index contributed by atoms with van der Waals surface area (Å²) in [7, 11) is 0. The number of aryl methyl sites for hydroxylation is 2. The Balaban J connectivity index is 1.35. The summed E-state index contributed by atoms with van der Waals surface area (Å²) in [5.41, 5.74) is 6.99. The molecule has 0 saturated heterocycles. The molecular weight excluding hydrogens is 507 g/mol. The maximum Gasteiger partial charge on any atom is 0.254 e. The smallest absolute Gasteiger partial charge is 0.254 e. The van der Waals surface area contributed by atoms with Gasteiger partial charge in [0, 0.05) is 43.9 Å². The molecule has 7 nitrogen and oxygen atoms in total. The third-order valence-corrected chi connectivity index (χ3v) is 7.38. The van der Waals surface area contributed by atoms with E-state index in [4.69, 9.17) is 28.2 Å². The van der Waals surface area contributed by atoms with Crippen molar-refractivity contribution in [1.82, 2.24) is 30.2 Å². The third-order valence-electron chi connectivity index (χ3n) is 6.80. The molecule has 37 heavy (non-hydrogen) atoms. The van der Waals surface area contributed by atoms with Crippen LogP contribution in [0.25, 0.3) is 0 Å². The van der Waals surface area contributed by atoms with Crippen LogP contribution in [0.1, 0.15) is 63.0 Å². The molecule has 3 heterocycles. The van der Waals surface area contributed by atoms with Gasteiger partial charge in [0.25, 0.3) is 5.91 Å². The molecule has 1 unspecified atom stereocenters. The predicted octanol–water partition coefficient (Wildman–Crippen LogP) is 5.82. The fraction of sp³-hybridized carbons (Fsp3) is 0.286. The number of H-pyrrole nitrogens is 1. The molecule has 2 N–H and O–H groups in total. The highest BCUT2D eigenvalue weighted by Gasteiger charge is 2.28. The van der Waals surface area contributed by atoms with E-state index >= 15 is 0 Å². The van der Waals surface area contributed by atoms with Crippen LogP contribution in [0.3, 0.4) is 0 Å². The number of carbonyl (C=O) groups is 1. The normalized spacial score (nSPS) is 15.0. The lowest BCUT2D eigenvalue weighted by Gasteiger charge is -2.35. The Morgan fingerprint density at radius 3 is 2.70 bits per heavy atom. The summed E-state index contributed by atoms with van der Waals surface area (Å²) in [6, 6.07) is 12.7. The molecule has 0 radical (unpaired) electrons.